The molecule has 1 aliphatic carbocycles. The van der Waals surface area contributed by atoms with Crippen LogP contribution < -0.4 is 4.74 Å². The van der Waals surface area contributed by atoms with Crippen molar-refractivity contribution in [2.75, 3.05) is 7.11 Å². The van der Waals surface area contributed by atoms with Crippen LogP contribution >= 0.6 is 0 Å². The van der Waals surface area contributed by atoms with Gasteiger partial charge in [-0.1, -0.05) is 25.0 Å². The van der Waals surface area contributed by atoms with E-state index < -0.39 is 5.82 Å². The van der Waals surface area contributed by atoms with Crippen molar-refractivity contribution in [1.29, 1.82) is 0 Å². The van der Waals surface area contributed by atoms with Crippen molar-refractivity contribution >= 4 is 22.6 Å². The molecule has 4 aromatic rings. The number of fused-ring (bicyclic) bond motifs is 2. The predicted molar refractivity (Wildman–Crippen MR) is 120 cm³/mol. The summed E-state index contributed by atoms with van der Waals surface area (Å²) < 4.78 is 22.0. The van der Waals surface area contributed by atoms with E-state index in [4.69, 9.17) is 4.74 Å². The van der Waals surface area contributed by atoms with Crippen molar-refractivity contribution < 1.29 is 9.13 Å². The Morgan fingerprint density at radius 3 is 2.87 bits per heavy atom. The Morgan fingerprint density at radius 1 is 1.10 bits per heavy atom. The molecule has 3 heterocycles. The van der Waals surface area contributed by atoms with Gasteiger partial charge in [-0.3, -0.25) is 4.98 Å². The van der Waals surface area contributed by atoms with Gasteiger partial charge in [0, 0.05) is 40.7 Å². The molecule has 0 aliphatic heterocycles. The molecule has 1 atom stereocenters. The molecule has 0 N–H and O–H groups in total. The van der Waals surface area contributed by atoms with E-state index in [0.29, 0.717) is 22.1 Å². The summed E-state index contributed by atoms with van der Waals surface area (Å²) in [5.74, 6) is 0.568. The molecule has 5 nitrogen and oxygen atoms in total. The third-order valence-electron chi connectivity index (χ3n) is 6.22. The molecule has 1 aromatic carbocycles. The van der Waals surface area contributed by atoms with E-state index in [-0.39, 0.29) is 5.75 Å². The van der Waals surface area contributed by atoms with Gasteiger partial charge >= 0.3 is 0 Å². The monoisotopic (exact) mass is 416 g/mol. The molecule has 3 aromatic heterocycles. The fourth-order valence-electron chi connectivity index (χ4n) is 4.48. The largest absolute Gasteiger partial charge is 0.494 e. The topological polar surface area (TPSA) is 52.3 Å². The molecular formula is C25H25FN4O. The summed E-state index contributed by atoms with van der Waals surface area (Å²) in [7, 11) is 1.46. The highest BCUT2D eigenvalue weighted by molar-refractivity contribution is 5.98. The molecule has 0 spiro atoms. The molecule has 158 valence electrons. The molecule has 1 saturated carbocycles. The van der Waals surface area contributed by atoms with E-state index in [0.717, 1.165) is 29.9 Å². The maximum absolute atomic E-state index is 15.1. The van der Waals surface area contributed by atoms with Crippen molar-refractivity contribution in [1.82, 2.24) is 19.6 Å². The molecule has 0 radical (unpaired) electrons. The van der Waals surface area contributed by atoms with E-state index in [2.05, 4.69) is 28.1 Å². The van der Waals surface area contributed by atoms with E-state index in [1.807, 2.05) is 12.4 Å². The number of pyridine rings is 1. The number of rotatable bonds is 3. The lowest BCUT2D eigenvalue weighted by Crippen LogP contribution is -1.95. The quantitative estimate of drug-likeness (QED) is 0.380. The highest BCUT2D eigenvalue weighted by Gasteiger charge is 2.17. The lowest BCUT2D eigenvalue weighted by molar-refractivity contribution is 0.389. The molecule has 0 bridgehead atoms. The zero-order valence-electron chi connectivity index (χ0n) is 17.8. The van der Waals surface area contributed by atoms with Crippen LogP contribution in [0, 0.1) is 11.7 Å². The zero-order valence-corrected chi connectivity index (χ0v) is 17.8. The second kappa shape index (κ2) is 8.10. The molecule has 0 amide bonds. The van der Waals surface area contributed by atoms with Gasteiger partial charge in [0.1, 0.15) is 0 Å². The average Bonchev–Trinajstić information content (AvgIpc) is 3.09. The van der Waals surface area contributed by atoms with E-state index in [9.17, 15) is 0 Å². The summed E-state index contributed by atoms with van der Waals surface area (Å²) in [5.41, 5.74) is 5.24. The number of benzene rings is 1. The van der Waals surface area contributed by atoms with Gasteiger partial charge < -0.3 is 4.74 Å². The average molecular weight is 417 g/mol. The predicted octanol–water partition coefficient (Wildman–Crippen LogP) is 6.08. The van der Waals surface area contributed by atoms with Crippen molar-refractivity contribution in [2.24, 2.45) is 5.92 Å². The summed E-state index contributed by atoms with van der Waals surface area (Å²) in [6.45, 7) is 2.34. The first-order valence-corrected chi connectivity index (χ1v) is 10.8. The first-order valence-electron chi connectivity index (χ1n) is 10.8. The zero-order chi connectivity index (χ0) is 21.4. The van der Waals surface area contributed by atoms with Gasteiger partial charge in [0.05, 0.1) is 18.8 Å². The minimum Gasteiger partial charge on any atom is -0.494 e. The first kappa shape index (κ1) is 19.7. The Balaban J connectivity index is 1.57. The van der Waals surface area contributed by atoms with Crippen molar-refractivity contribution in [3.63, 3.8) is 0 Å². The highest BCUT2D eigenvalue weighted by atomic mass is 19.1. The Hall–Kier alpha value is -3.28. The summed E-state index contributed by atoms with van der Waals surface area (Å²) in [5, 5.41) is 4.92. The van der Waals surface area contributed by atoms with Crippen molar-refractivity contribution in [3.05, 3.63) is 59.9 Å². The van der Waals surface area contributed by atoms with Gasteiger partial charge in [-0.05, 0) is 49.8 Å². The Bertz CT molecular complexity index is 1290. The normalized spacial score (nSPS) is 18.5. The van der Waals surface area contributed by atoms with Crippen LogP contribution in [-0.2, 0) is 0 Å². The van der Waals surface area contributed by atoms with Gasteiger partial charge in [0.15, 0.2) is 17.2 Å². The van der Waals surface area contributed by atoms with E-state index >= 15 is 4.39 Å². The maximum Gasteiger partial charge on any atom is 0.175 e. The molecule has 31 heavy (non-hydrogen) atoms. The minimum absolute atomic E-state index is 0.192. The van der Waals surface area contributed by atoms with Crippen LogP contribution in [0.5, 0.6) is 5.75 Å². The van der Waals surface area contributed by atoms with Crippen molar-refractivity contribution in [2.45, 2.75) is 39.0 Å². The number of hydrogen-bond acceptors (Lipinski definition) is 4. The first-order chi connectivity index (χ1) is 15.1. The van der Waals surface area contributed by atoms with Crippen molar-refractivity contribution in [3.8, 4) is 16.9 Å². The van der Waals surface area contributed by atoms with Crippen LogP contribution in [-0.4, -0.2) is 26.7 Å². The number of allylic oxidation sites excluding steroid dienone is 1. The lowest BCUT2D eigenvalue weighted by atomic mass is 10.0. The second-order valence-electron chi connectivity index (χ2n) is 8.39. The van der Waals surface area contributed by atoms with E-state index in [1.165, 1.54) is 31.9 Å². The molecule has 0 saturated heterocycles. The van der Waals surface area contributed by atoms with Crippen LogP contribution in [0.3, 0.4) is 0 Å². The van der Waals surface area contributed by atoms with Crippen LogP contribution in [0.4, 0.5) is 4.39 Å². The Morgan fingerprint density at radius 2 is 2.00 bits per heavy atom. The number of halogens is 1. The molecular weight excluding hydrogens is 391 g/mol. The SMILES string of the molecule is COc1ccc2nccc(-c3cnn4cc(C=C5CCCC(C)CC5)cnc34)c2c1F. The number of aromatic nitrogens is 4. The van der Waals surface area contributed by atoms with E-state index in [1.54, 1.807) is 35.1 Å². The standard InChI is InChI=1S/C25H25FN4O/c1-16-4-3-5-17(7-6-16)12-18-13-28-25-20(14-29-30(25)15-18)19-10-11-27-21-8-9-22(31-2)24(26)23(19)21/h8-16H,3-7H2,1-2H3. The van der Waals surface area contributed by atoms with Crippen LogP contribution in [0.1, 0.15) is 44.6 Å². The molecule has 5 rings (SSSR count). The molecule has 1 fully saturated rings. The summed E-state index contributed by atoms with van der Waals surface area (Å²) in [4.78, 5) is 8.99. The molecule has 1 aliphatic rings. The summed E-state index contributed by atoms with van der Waals surface area (Å²) in [6.07, 6.45) is 15.6. The second-order valence-corrected chi connectivity index (χ2v) is 8.39. The Labute approximate surface area is 180 Å². The number of methoxy groups -OCH3 is 1. The van der Waals surface area contributed by atoms with Gasteiger partial charge in [-0.2, -0.15) is 5.10 Å². The van der Waals surface area contributed by atoms with Gasteiger partial charge in [-0.15, -0.1) is 0 Å². The fourth-order valence-corrected chi connectivity index (χ4v) is 4.48. The lowest BCUT2D eigenvalue weighted by Gasteiger charge is -2.09. The van der Waals surface area contributed by atoms with Crippen LogP contribution in [0.2, 0.25) is 0 Å². The summed E-state index contributed by atoms with van der Waals surface area (Å²) in [6, 6.07) is 5.15. The smallest absolute Gasteiger partial charge is 0.175 e. The van der Waals surface area contributed by atoms with Crippen LogP contribution in [0.25, 0.3) is 33.8 Å². The third kappa shape index (κ3) is 3.67. The molecule has 1 unspecified atom stereocenters. The fraction of sp³-hybridized carbons (Fsp3) is 0.320. The van der Waals surface area contributed by atoms with Gasteiger partial charge in [0.2, 0.25) is 0 Å². The maximum atomic E-state index is 15.1. The summed E-state index contributed by atoms with van der Waals surface area (Å²) >= 11 is 0. The minimum atomic E-state index is -0.425. The number of ether oxygens (including phenoxy) is 1. The third-order valence-corrected chi connectivity index (χ3v) is 6.22. The number of hydrogen-bond donors (Lipinski definition) is 0. The van der Waals surface area contributed by atoms with Crippen LogP contribution in [0.15, 0.2) is 48.6 Å². The van der Waals surface area contributed by atoms with Gasteiger partial charge in [-0.25, -0.2) is 13.9 Å². The Kier molecular flexibility index (Phi) is 5.14. The number of nitrogens with zero attached hydrogens (tertiary/aromatic N) is 4. The van der Waals surface area contributed by atoms with Gasteiger partial charge in [0.25, 0.3) is 0 Å². The highest BCUT2D eigenvalue weighted by Crippen LogP contribution is 2.35. The molecule has 6 heteroatoms.